The standard InChI is InChI=1S/C13H17ClN2O3/c1-9-5-11(16(17)18)6-12(14)13(9)15-7-10-3-2-4-19-8-10/h5-6,10,15H,2-4,7-8H2,1H3. The van der Waals surface area contributed by atoms with Crippen LogP contribution < -0.4 is 5.32 Å². The predicted molar refractivity (Wildman–Crippen MR) is 74.9 cm³/mol. The Bertz CT molecular complexity index is 450. The molecule has 1 saturated heterocycles. The van der Waals surface area contributed by atoms with E-state index in [0.717, 1.165) is 43.9 Å². The van der Waals surface area contributed by atoms with Gasteiger partial charge >= 0.3 is 0 Å². The van der Waals surface area contributed by atoms with Crippen LogP contribution in [0.15, 0.2) is 12.1 Å². The molecule has 5 nitrogen and oxygen atoms in total. The molecule has 1 N–H and O–H groups in total. The summed E-state index contributed by atoms with van der Waals surface area (Å²) in [5, 5.41) is 14.4. The molecular weight excluding hydrogens is 268 g/mol. The summed E-state index contributed by atoms with van der Waals surface area (Å²) < 4.78 is 5.42. The molecule has 1 unspecified atom stereocenters. The maximum absolute atomic E-state index is 10.7. The highest BCUT2D eigenvalue weighted by Crippen LogP contribution is 2.31. The summed E-state index contributed by atoms with van der Waals surface area (Å²) in [6, 6.07) is 2.92. The van der Waals surface area contributed by atoms with Crippen molar-refractivity contribution in [2.24, 2.45) is 5.92 Å². The molecule has 6 heteroatoms. The zero-order valence-electron chi connectivity index (χ0n) is 10.8. The van der Waals surface area contributed by atoms with Crippen LogP contribution in [0.4, 0.5) is 11.4 Å². The quantitative estimate of drug-likeness (QED) is 0.680. The second-order valence-electron chi connectivity index (χ2n) is 4.84. The smallest absolute Gasteiger partial charge is 0.271 e. The Balaban J connectivity index is 2.05. The van der Waals surface area contributed by atoms with Gasteiger partial charge in [0.2, 0.25) is 0 Å². The largest absolute Gasteiger partial charge is 0.383 e. The summed E-state index contributed by atoms with van der Waals surface area (Å²) in [5.41, 5.74) is 1.59. The first-order valence-corrected chi connectivity index (χ1v) is 6.72. The number of non-ortho nitro benzene ring substituents is 1. The first kappa shape index (κ1) is 14.1. The van der Waals surface area contributed by atoms with Crippen molar-refractivity contribution in [3.05, 3.63) is 32.8 Å². The van der Waals surface area contributed by atoms with Crippen molar-refractivity contribution >= 4 is 23.0 Å². The van der Waals surface area contributed by atoms with Gasteiger partial charge in [0.25, 0.3) is 5.69 Å². The minimum atomic E-state index is -0.433. The van der Waals surface area contributed by atoms with E-state index in [1.165, 1.54) is 12.1 Å². The maximum Gasteiger partial charge on any atom is 0.271 e. The van der Waals surface area contributed by atoms with Gasteiger partial charge in [-0.05, 0) is 31.2 Å². The summed E-state index contributed by atoms with van der Waals surface area (Å²) in [5.74, 6) is 0.472. The van der Waals surface area contributed by atoms with E-state index in [4.69, 9.17) is 16.3 Å². The lowest BCUT2D eigenvalue weighted by Crippen LogP contribution is -2.24. The molecular formula is C13H17ClN2O3. The van der Waals surface area contributed by atoms with E-state index in [-0.39, 0.29) is 5.69 Å². The summed E-state index contributed by atoms with van der Waals surface area (Å²) in [6.07, 6.45) is 2.22. The summed E-state index contributed by atoms with van der Waals surface area (Å²) >= 11 is 6.10. The van der Waals surface area contributed by atoms with Crippen molar-refractivity contribution in [1.82, 2.24) is 0 Å². The van der Waals surface area contributed by atoms with E-state index in [1.54, 1.807) is 0 Å². The maximum atomic E-state index is 10.7. The fourth-order valence-electron chi connectivity index (χ4n) is 2.27. The van der Waals surface area contributed by atoms with Gasteiger partial charge in [-0.1, -0.05) is 11.6 Å². The van der Waals surface area contributed by atoms with Crippen LogP contribution >= 0.6 is 11.6 Å². The third kappa shape index (κ3) is 3.58. The van der Waals surface area contributed by atoms with Crippen molar-refractivity contribution in [1.29, 1.82) is 0 Å². The van der Waals surface area contributed by atoms with Crippen molar-refractivity contribution in [2.45, 2.75) is 19.8 Å². The second kappa shape index (κ2) is 6.21. The average molecular weight is 285 g/mol. The number of halogens is 1. The number of ether oxygens (including phenoxy) is 1. The Hall–Kier alpha value is -1.33. The summed E-state index contributed by atoms with van der Waals surface area (Å²) in [7, 11) is 0. The van der Waals surface area contributed by atoms with Gasteiger partial charge in [-0.15, -0.1) is 0 Å². The van der Waals surface area contributed by atoms with Gasteiger partial charge in [0.1, 0.15) is 0 Å². The number of hydrogen-bond donors (Lipinski definition) is 1. The molecule has 0 aliphatic carbocycles. The van der Waals surface area contributed by atoms with Crippen LogP contribution in [0.1, 0.15) is 18.4 Å². The third-order valence-corrected chi connectivity index (χ3v) is 3.60. The minimum Gasteiger partial charge on any atom is -0.383 e. The Morgan fingerprint density at radius 3 is 2.95 bits per heavy atom. The molecule has 1 heterocycles. The highest BCUT2D eigenvalue weighted by molar-refractivity contribution is 6.33. The van der Waals surface area contributed by atoms with Crippen LogP contribution in [0.3, 0.4) is 0 Å². The van der Waals surface area contributed by atoms with Gasteiger partial charge in [-0.3, -0.25) is 10.1 Å². The molecule has 1 aromatic rings. The van der Waals surface area contributed by atoms with Gasteiger partial charge in [0.05, 0.1) is 22.2 Å². The molecule has 0 saturated carbocycles. The highest BCUT2D eigenvalue weighted by atomic mass is 35.5. The Kier molecular flexibility index (Phi) is 4.61. The van der Waals surface area contributed by atoms with E-state index in [1.807, 2.05) is 6.92 Å². The lowest BCUT2D eigenvalue weighted by Gasteiger charge is -2.23. The van der Waals surface area contributed by atoms with Crippen molar-refractivity contribution in [3.63, 3.8) is 0 Å². The zero-order valence-corrected chi connectivity index (χ0v) is 11.6. The van der Waals surface area contributed by atoms with Gasteiger partial charge < -0.3 is 10.1 Å². The third-order valence-electron chi connectivity index (χ3n) is 3.31. The molecule has 1 aliphatic heterocycles. The van der Waals surface area contributed by atoms with Crippen molar-refractivity contribution in [3.8, 4) is 0 Å². The minimum absolute atomic E-state index is 0.0223. The fraction of sp³-hybridized carbons (Fsp3) is 0.538. The van der Waals surface area contributed by atoms with Crippen LogP contribution in [-0.4, -0.2) is 24.7 Å². The van der Waals surface area contributed by atoms with E-state index in [2.05, 4.69) is 5.32 Å². The number of nitrogens with one attached hydrogen (secondary N) is 1. The summed E-state index contributed by atoms with van der Waals surface area (Å²) in [6.45, 7) is 4.20. The molecule has 1 atom stereocenters. The Morgan fingerprint density at radius 1 is 1.58 bits per heavy atom. The normalized spacial score (nSPS) is 19.2. The lowest BCUT2D eigenvalue weighted by atomic mass is 10.0. The van der Waals surface area contributed by atoms with Gasteiger partial charge in [-0.2, -0.15) is 0 Å². The number of nitro benzene ring substituents is 1. The number of hydrogen-bond acceptors (Lipinski definition) is 4. The first-order chi connectivity index (χ1) is 9.08. The molecule has 19 heavy (non-hydrogen) atoms. The molecule has 0 aromatic heterocycles. The number of anilines is 1. The van der Waals surface area contributed by atoms with Crippen LogP contribution in [0.25, 0.3) is 0 Å². The number of nitrogens with zero attached hydrogens (tertiary/aromatic N) is 1. The molecule has 0 bridgehead atoms. The first-order valence-electron chi connectivity index (χ1n) is 6.34. The molecule has 1 aromatic carbocycles. The van der Waals surface area contributed by atoms with Crippen molar-refractivity contribution in [2.75, 3.05) is 25.1 Å². The molecule has 1 aliphatic rings. The number of rotatable bonds is 4. The van der Waals surface area contributed by atoms with Gasteiger partial charge in [0.15, 0.2) is 0 Å². The molecule has 0 amide bonds. The van der Waals surface area contributed by atoms with Crippen LogP contribution in [0, 0.1) is 23.0 Å². The number of aryl methyl sites for hydroxylation is 1. The highest BCUT2D eigenvalue weighted by Gasteiger charge is 2.16. The Labute approximate surface area is 117 Å². The molecule has 0 radical (unpaired) electrons. The van der Waals surface area contributed by atoms with E-state index >= 15 is 0 Å². The molecule has 104 valence electrons. The average Bonchev–Trinajstić information content (AvgIpc) is 2.38. The van der Waals surface area contributed by atoms with Crippen LogP contribution in [-0.2, 0) is 4.74 Å². The van der Waals surface area contributed by atoms with E-state index in [0.29, 0.717) is 10.9 Å². The Morgan fingerprint density at radius 2 is 2.37 bits per heavy atom. The van der Waals surface area contributed by atoms with Crippen LogP contribution in [0.5, 0.6) is 0 Å². The second-order valence-corrected chi connectivity index (χ2v) is 5.25. The van der Waals surface area contributed by atoms with E-state index in [9.17, 15) is 10.1 Å². The van der Waals surface area contributed by atoms with Crippen molar-refractivity contribution < 1.29 is 9.66 Å². The number of nitro groups is 1. The molecule has 1 fully saturated rings. The molecule has 0 spiro atoms. The fourth-order valence-corrected chi connectivity index (χ4v) is 2.60. The van der Waals surface area contributed by atoms with Gasteiger partial charge in [0, 0.05) is 25.3 Å². The monoisotopic (exact) mass is 284 g/mol. The van der Waals surface area contributed by atoms with E-state index < -0.39 is 4.92 Å². The predicted octanol–water partition coefficient (Wildman–Crippen LogP) is 3.40. The van der Waals surface area contributed by atoms with Gasteiger partial charge in [-0.25, -0.2) is 0 Å². The summed E-state index contributed by atoms with van der Waals surface area (Å²) in [4.78, 5) is 10.3. The number of benzene rings is 1. The SMILES string of the molecule is Cc1cc([N+](=O)[O-])cc(Cl)c1NCC1CCCOC1. The van der Waals surface area contributed by atoms with Crippen LogP contribution in [0.2, 0.25) is 5.02 Å². The zero-order chi connectivity index (χ0) is 13.8. The topological polar surface area (TPSA) is 64.4 Å². The molecule has 2 rings (SSSR count). The lowest BCUT2D eigenvalue weighted by molar-refractivity contribution is -0.384.